The van der Waals surface area contributed by atoms with Crippen molar-refractivity contribution in [3.63, 3.8) is 0 Å². The minimum atomic E-state index is -0.208. The zero-order chi connectivity index (χ0) is 13.3. The van der Waals surface area contributed by atoms with Gasteiger partial charge in [0.05, 0.1) is 11.9 Å². The monoisotopic (exact) mass is 265 g/mol. The Balaban J connectivity index is 2.37. The van der Waals surface area contributed by atoms with Crippen LogP contribution in [0.4, 0.5) is 5.69 Å². The molecule has 0 spiro atoms. The maximum absolute atomic E-state index is 11.6. The van der Waals surface area contributed by atoms with Crippen molar-refractivity contribution in [2.24, 2.45) is 0 Å². The Hall–Kier alpha value is -1.76. The number of aromatic amines is 1. The molecule has 0 unspecified atom stereocenters. The minimum absolute atomic E-state index is 0.0489. The van der Waals surface area contributed by atoms with Crippen LogP contribution in [0.5, 0.6) is 0 Å². The van der Waals surface area contributed by atoms with Gasteiger partial charge in [-0.3, -0.25) is 4.57 Å². The Labute approximate surface area is 109 Å². The SMILES string of the molecule is Cc1cc(N)cnc1Sc1n[nH]c(=O)n1C(C)C. The van der Waals surface area contributed by atoms with Gasteiger partial charge in [-0.15, -0.1) is 5.10 Å². The van der Waals surface area contributed by atoms with E-state index in [1.165, 1.54) is 11.8 Å². The molecule has 0 saturated heterocycles. The minimum Gasteiger partial charge on any atom is -0.397 e. The lowest BCUT2D eigenvalue weighted by Crippen LogP contribution is -2.19. The fourth-order valence-corrected chi connectivity index (χ4v) is 2.58. The number of aryl methyl sites for hydroxylation is 1. The lowest BCUT2D eigenvalue weighted by atomic mass is 10.3. The van der Waals surface area contributed by atoms with Crippen molar-refractivity contribution < 1.29 is 0 Å². The molecule has 0 aromatic carbocycles. The predicted octanol–water partition coefficient (Wildman–Crippen LogP) is 1.59. The molecule has 0 amide bonds. The zero-order valence-electron chi connectivity index (χ0n) is 10.5. The van der Waals surface area contributed by atoms with Crippen molar-refractivity contribution in [2.45, 2.75) is 37.0 Å². The molecule has 0 fully saturated rings. The maximum atomic E-state index is 11.6. The summed E-state index contributed by atoms with van der Waals surface area (Å²) in [7, 11) is 0. The number of aromatic nitrogens is 4. The van der Waals surface area contributed by atoms with Crippen molar-refractivity contribution >= 4 is 17.4 Å². The second-order valence-corrected chi connectivity index (χ2v) is 5.22. The van der Waals surface area contributed by atoms with Crippen LogP contribution in [0.3, 0.4) is 0 Å². The average Bonchev–Trinajstić information content (AvgIpc) is 2.64. The van der Waals surface area contributed by atoms with Crippen LogP contribution in [0.1, 0.15) is 25.5 Å². The third-order valence-electron chi connectivity index (χ3n) is 2.43. The number of nitrogen functional groups attached to an aromatic ring is 1. The smallest absolute Gasteiger partial charge is 0.344 e. The number of rotatable bonds is 3. The Bertz CT molecular complexity index is 616. The van der Waals surface area contributed by atoms with Gasteiger partial charge >= 0.3 is 5.69 Å². The standard InChI is InChI=1S/C11H15N5OS/c1-6(2)16-10(17)14-15-11(16)18-9-7(3)4-8(12)5-13-9/h4-6H,12H2,1-3H3,(H,14,17). The van der Waals surface area contributed by atoms with Crippen LogP contribution >= 0.6 is 11.8 Å². The Morgan fingerprint density at radius 2 is 2.22 bits per heavy atom. The first-order valence-corrected chi connectivity index (χ1v) is 6.37. The first-order chi connectivity index (χ1) is 8.49. The summed E-state index contributed by atoms with van der Waals surface area (Å²) in [5.41, 5.74) is 7.04. The van der Waals surface area contributed by atoms with Gasteiger partial charge < -0.3 is 5.73 Å². The van der Waals surface area contributed by atoms with Crippen molar-refractivity contribution in [2.75, 3.05) is 5.73 Å². The highest BCUT2D eigenvalue weighted by atomic mass is 32.2. The van der Waals surface area contributed by atoms with E-state index in [1.807, 2.05) is 26.8 Å². The van der Waals surface area contributed by atoms with Crippen molar-refractivity contribution in [1.29, 1.82) is 0 Å². The quantitative estimate of drug-likeness (QED) is 0.879. The van der Waals surface area contributed by atoms with Gasteiger partial charge in [-0.1, -0.05) is 0 Å². The molecule has 0 aliphatic rings. The topological polar surface area (TPSA) is 89.6 Å². The number of pyridine rings is 1. The molecule has 2 heterocycles. The normalized spacial score (nSPS) is 11.1. The molecular weight excluding hydrogens is 250 g/mol. The Morgan fingerprint density at radius 1 is 1.50 bits per heavy atom. The van der Waals surface area contributed by atoms with E-state index in [0.717, 1.165) is 10.6 Å². The van der Waals surface area contributed by atoms with Crippen molar-refractivity contribution in [3.05, 3.63) is 28.3 Å². The molecule has 2 aromatic rings. The summed E-state index contributed by atoms with van der Waals surface area (Å²) in [5, 5.41) is 7.87. The number of nitrogens with two attached hydrogens (primary N) is 1. The first-order valence-electron chi connectivity index (χ1n) is 5.56. The molecule has 0 saturated carbocycles. The van der Waals surface area contributed by atoms with Crippen LogP contribution in [-0.2, 0) is 0 Å². The number of nitrogens with zero attached hydrogens (tertiary/aromatic N) is 3. The third kappa shape index (κ3) is 2.40. The predicted molar refractivity (Wildman–Crippen MR) is 70.7 cm³/mol. The van der Waals surface area contributed by atoms with E-state index in [9.17, 15) is 4.79 Å². The van der Waals surface area contributed by atoms with Gasteiger partial charge in [0.15, 0.2) is 5.16 Å². The number of hydrogen-bond acceptors (Lipinski definition) is 5. The molecule has 96 valence electrons. The largest absolute Gasteiger partial charge is 0.397 e. The molecule has 6 nitrogen and oxygen atoms in total. The fourth-order valence-electron chi connectivity index (χ4n) is 1.59. The molecule has 0 radical (unpaired) electrons. The van der Waals surface area contributed by atoms with Crippen LogP contribution in [-0.4, -0.2) is 19.7 Å². The lowest BCUT2D eigenvalue weighted by molar-refractivity contribution is 0.534. The van der Waals surface area contributed by atoms with E-state index in [4.69, 9.17) is 5.73 Å². The van der Waals surface area contributed by atoms with E-state index in [1.54, 1.807) is 10.8 Å². The molecule has 2 rings (SSSR count). The van der Waals surface area contributed by atoms with E-state index in [-0.39, 0.29) is 11.7 Å². The molecule has 18 heavy (non-hydrogen) atoms. The van der Waals surface area contributed by atoms with Gasteiger partial charge in [-0.2, -0.15) is 0 Å². The highest BCUT2D eigenvalue weighted by molar-refractivity contribution is 7.99. The van der Waals surface area contributed by atoms with E-state index in [2.05, 4.69) is 15.2 Å². The molecular formula is C11H15N5OS. The Kier molecular flexibility index (Phi) is 3.42. The van der Waals surface area contributed by atoms with Gasteiger partial charge in [0.1, 0.15) is 5.03 Å². The maximum Gasteiger partial charge on any atom is 0.344 e. The second-order valence-electron chi connectivity index (χ2n) is 4.27. The first kappa shape index (κ1) is 12.7. The number of H-pyrrole nitrogens is 1. The second kappa shape index (κ2) is 4.85. The van der Waals surface area contributed by atoms with Gasteiger partial charge in [0.2, 0.25) is 0 Å². The lowest BCUT2D eigenvalue weighted by Gasteiger charge is -2.09. The van der Waals surface area contributed by atoms with Gasteiger partial charge in [-0.05, 0) is 44.2 Å². The van der Waals surface area contributed by atoms with Crippen LogP contribution in [0, 0.1) is 6.92 Å². The third-order valence-corrected chi connectivity index (χ3v) is 3.52. The summed E-state index contributed by atoms with van der Waals surface area (Å²) < 4.78 is 1.60. The molecule has 0 aliphatic carbocycles. The van der Waals surface area contributed by atoms with Crippen LogP contribution in [0.2, 0.25) is 0 Å². The molecule has 0 atom stereocenters. The Morgan fingerprint density at radius 3 is 2.83 bits per heavy atom. The van der Waals surface area contributed by atoms with E-state index >= 15 is 0 Å². The van der Waals surface area contributed by atoms with E-state index < -0.39 is 0 Å². The van der Waals surface area contributed by atoms with E-state index in [0.29, 0.717) is 10.8 Å². The van der Waals surface area contributed by atoms with Crippen molar-refractivity contribution in [3.8, 4) is 0 Å². The summed E-state index contributed by atoms with van der Waals surface area (Å²) in [6.07, 6.45) is 1.60. The van der Waals surface area contributed by atoms with Crippen LogP contribution < -0.4 is 11.4 Å². The summed E-state index contributed by atoms with van der Waals surface area (Å²) in [5.74, 6) is 0. The van der Waals surface area contributed by atoms with Gasteiger partial charge in [-0.25, -0.2) is 14.9 Å². The highest BCUT2D eigenvalue weighted by Crippen LogP contribution is 2.28. The number of hydrogen-bond donors (Lipinski definition) is 2. The molecule has 3 N–H and O–H groups in total. The number of anilines is 1. The molecule has 2 aromatic heterocycles. The molecule has 0 aliphatic heterocycles. The van der Waals surface area contributed by atoms with Crippen LogP contribution in [0.15, 0.2) is 27.2 Å². The zero-order valence-corrected chi connectivity index (χ0v) is 11.3. The van der Waals surface area contributed by atoms with Crippen LogP contribution in [0.25, 0.3) is 0 Å². The summed E-state index contributed by atoms with van der Waals surface area (Å²) in [6, 6.07) is 1.90. The average molecular weight is 265 g/mol. The van der Waals surface area contributed by atoms with Crippen molar-refractivity contribution in [1.82, 2.24) is 19.7 Å². The summed E-state index contributed by atoms with van der Waals surface area (Å²) >= 11 is 1.35. The highest BCUT2D eigenvalue weighted by Gasteiger charge is 2.14. The molecule has 7 heteroatoms. The van der Waals surface area contributed by atoms with Gasteiger partial charge in [0.25, 0.3) is 0 Å². The molecule has 0 bridgehead atoms. The fraction of sp³-hybridized carbons (Fsp3) is 0.364. The summed E-state index contributed by atoms with van der Waals surface area (Å²) in [6.45, 7) is 5.80. The number of nitrogens with one attached hydrogen (secondary N) is 1. The summed E-state index contributed by atoms with van der Waals surface area (Å²) in [4.78, 5) is 15.9. The van der Waals surface area contributed by atoms with Gasteiger partial charge in [0, 0.05) is 6.04 Å².